The molecule has 106 valence electrons. The van der Waals surface area contributed by atoms with Crippen molar-refractivity contribution in [2.24, 2.45) is 0 Å². The Morgan fingerprint density at radius 3 is 3.15 bits per heavy atom. The van der Waals surface area contributed by atoms with Crippen LogP contribution in [-0.4, -0.2) is 40.0 Å². The molecule has 0 spiro atoms. The van der Waals surface area contributed by atoms with Crippen molar-refractivity contribution in [1.82, 2.24) is 14.9 Å². The molecule has 1 N–H and O–H groups in total. The van der Waals surface area contributed by atoms with Crippen molar-refractivity contribution in [3.8, 4) is 0 Å². The van der Waals surface area contributed by atoms with Crippen molar-refractivity contribution < 1.29 is 0 Å². The Bertz CT molecular complexity index is 623. The summed E-state index contributed by atoms with van der Waals surface area (Å²) in [5, 5.41) is 5.89. The molecule has 2 unspecified atom stereocenters. The van der Waals surface area contributed by atoms with Gasteiger partial charge in [-0.15, -0.1) is 11.3 Å². The molecule has 0 saturated carbocycles. The fourth-order valence-corrected chi connectivity index (χ4v) is 4.62. The number of nitrogens with one attached hydrogen (secondary N) is 1. The Morgan fingerprint density at radius 1 is 1.25 bits per heavy atom. The van der Waals surface area contributed by atoms with E-state index in [0.29, 0.717) is 12.1 Å². The highest BCUT2D eigenvalue weighted by Gasteiger charge is 2.35. The van der Waals surface area contributed by atoms with Gasteiger partial charge in [-0.3, -0.25) is 4.90 Å². The van der Waals surface area contributed by atoms with Crippen molar-refractivity contribution in [2.45, 2.75) is 44.7 Å². The van der Waals surface area contributed by atoms with Gasteiger partial charge in [0.2, 0.25) is 0 Å². The van der Waals surface area contributed by atoms with Crippen LogP contribution in [0.1, 0.15) is 31.2 Å². The number of nitrogens with zero attached hydrogens (tertiary/aromatic N) is 3. The Morgan fingerprint density at radius 2 is 2.20 bits per heavy atom. The summed E-state index contributed by atoms with van der Waals surface area (Å²) in [7, 11) is 0. The summed E-state index contributed by atoms with van der Waals surface area (Å²) in [4.78, 5) is 11.5. The summed E-state index contributed by atoms with van der Waals surface area (Å²) in [5.74, 6) is 1.03. The standard InChI is InChI=1S/C15H20N4S/c1-10-8-20-14-13(10)16-9-17-15(14)18-11-5-7-19-6-3-2-4-12(11)19/h8-9,11-12H,2-7H2,1H3,(H,16,17,18). The predicted molar refractivity (Wildman–Crippen MR) is 83.4 cm³/mol. The number of fused-ring (bicyclic) bond motifs is 2. The zero-order valence-electron chi connectivity index (χ0n) is 11.8. The summed E-state index contributed by atoms with van der Waals surface area (Å²) < 4.78 is 1.21. The van der Waals surface area contributed by atoms with E-state index in [4.69, 9.17) is 0 Å². The minimum atomic E-state index is 0.552. The van der Waals surface area contributed by atoms with Gasteiger partial charge in [-0.05, 0) is 43.7 Å². The molecule has 2 aromatic heterocycles. The first-order chi connectivity index (χ1) is 9.83. The Kier molecular flexibility index (Phi) is 3.11. The van der Waals surface area contributed by atoms with Gasteiger partial charge in [-0.2, -0.15) is 0 Å². The van der Waals surface area contributed by atoms with Crippen molar-refractivity contribution in [2.75, 3.05) is 18.4 Å². The molecule has 4 nitrogen and oxygen atoms in total. The van der Waals surface area contributed by atoms with E-state index in [-0.39, 0.29) is 0 Å². The normalized spacial score (nSPS) is 26.9. The van der Waals surface area contributed by atoms with E-state index in [1.165, 1.54) is 49.0 Å². The zero-order valence-corrected chi connectivity index (χ0v) is 12.6. The fourth-order valence-electron chi connectivity index (χ4n) is 3.66. The van der Waals surface area contributed by atoms with Crippen LogP contribution in [0.5, 0.6) is 0 Å². The highest BCUT2D eigenvalue weighted by atomic mass is 32.1. The number of hydrogen-bond donors (Lipinski definition) is 1. The maximum atomic E-state index is 4.49. The van der Waals surface area contributed by atoms with Crippen LogP contribution in [0.3, 0.4) is 0 Å². The number of aromatic nitrogens is 2. The Hall–Kier alpha value is -1.20. The van der Waals surface area contributed by atoms with Crippen LogP contribution in [0.2, 0.25) is 0 Å². The second kappa shape index (κ2) is 4.97. The lowest BCUT2D eigenvalue weighted by atomic mass is 9.99. The quantitative estimate of drug-likeness (QED) is 0.922. The van der Waals surface area contributed by atoms with Crippen LogP contribution in [0.15, 0.2) is 11.7 Å². The molecule has 2 aliphatic heterocycles. The van der Waals surface area contributed by atoms with Gasteiger partial charge in [0.25, 0.3) is 0 Å². The third kappa shape index (κ3) is 2.00. The molecular weight excluding hydrogens is 268 g/mol. The molecule has 2 saturated heterocycles. The maximum absolute atomic E-state index is 4.49. The molecule has 4 rings (SSSR count). The molecule has 0 bridgehead atoms. The molecule has 5 heteroatoms. The van der Waals surface area contributed by atoms with Gasteiger partial charge in [-0.1, -0.05) is 6.42 Å². The van der Waals surface area contributed by atoms with Crippen molar-refractivity contribution in [1.29, 1.82) is 0 Å². The van der Waals surface area contributed by atoms with Crippen LogP contribution >= 0.6 is 11.3 Å². The molecule has 0 aliphatic carbocycles. The van der Waals surface area contributed by atoms with Crippen molar-refractivity contribution in [3.05, 3.63) is 17.3 Å². The van der Waals surface area contributed by atoms with E-state index in [1.807, 2.05) is 0 Å². The topological polar surface area (TPSA) is 41.0 Å². The first-order valence-corrected chi connectivity index (χ1v) is 8.40. The largest absolute Gasteiger partial charge is 0.364 e. The molecular formula is C15H20N4S. The molecule has 2 aliphatic rings. The molecule has 2 aromatic rings. The fraction of sp³-hybridized carbons (Fsp3) is 0.600. The molecule has 2 fully saturated rings. The molecule has 0 aromatic carbocycles. The van der Waals surface area contributed by atoms with Crippen LogP contribution in [0, 0.1) is 6.92 Å². The van der Waals surface area contributed by atoms with Crippen LogP contribution in [0.25, 0.3) is 10.2 Å². The van der Waals surface area contributed by atoms with Gasteiger partial charge >= 0.3 is 0 Å². The summed E-state index contributed by atoms with van der Waals surface area (Å²) in [5.41, 5.74) is 2.35. The van der Waals surface area contributed by atoms with E-state index < -0.39 is 0 Å². The molecule has 0 amide bonds. The van der Waals surface area contributed by atoms with Gasteiger partial charge in [0, 0.05) is 18.6 Å². The molecule has 0 radical (unpaired) electrons. The SMILES string of the molecule is Cc1csc2c(NC3CCN4CCCCC34)ncnc12. The lowest BCUT2D eigenvalue weighted by Gasteiger charge is -2.32. The van der Waals surface area contributed by atoms with E-state index in [9.17, 15) is 0 Å². The van der Waals surface area contributed by atoms with Crippen molar-refractivity contribution >= 4 is 27.4 Å². The number of anilines is 1. The van der Waals surface area contributed by atoms with Gasteiger partial charge in [0.1, 0.15) is 12.1 Å². The number of rotatable bonds is 2. The number of piperidine rings is 1. The second-order valence-electron chi connectivity index (χ2n) is 5.96. The average molecular weight is 288 g/mol. The number of aryl methyl sites for hydroxylation is 1. The van der Waals surface area contributed by atoms with E-state index in [2.05, 4.69) is 32.5 Å². The maximum Gasteiger partial charge on any atom is 0.147 e. The second-order valence-corrected chi connectivity index (χ2v) is 6.84. The lowest BCUT2D eigenvalue weighted by Crippen LogP contribution is -2.41. The number of hydrogen-bond acceptors (Lipinski definition) is 5. The van der Waals surface area contributed by atoms with Gasteiger partial charge in [-0.25, -0.2) is 9.97 Å². The number of thiophene rings is 1. The highest BCUT2D eigenvalue weighted by Crippen LogP contribution is 2.33. The molecule has 2 atom stereocenters. The summed E-state index contributed by atoms with van der Waals surface area (Å²) >= 11 is 1.75. The third-order valence-electron chi connectivity index (χ3n) is 4.71. The first-order valence-electron chi connectivity index (χ1n) is 7.52. The lowest BCUT2D eigenvalue weighted by molar-refractivity contribution is 0.192. The Labute approximate surface area is 123 Å². The van der Waals surface area contributed by atoms with Gasteiger partial charge in [0.05, 0.1) is 10.2 Å². The van der Waals surface area contributed by atoms with Gasteiger partial charge < -0.3 is 5.32 Å². The highest BCUT2D eigenvalue weighted by molar-refractivity contribution is 7.18. The Balaban J connectivity index is 1.61. The first kappa shape index (κ1) is 12.5. The van der Waals surface area contributed by atoms with E-state index >= 15 is 0 Å². The van der Waals surface area contributed by atoms with E-state index in [1.54, 1.807) is 17.7 Å². The molecule has 4 heterocycles. The zero-order chi connectivity index (χ0) is 13.5. The van der Waals surface area contributed by atoms with Gasteiger partial charge in [0.15, 0.2) is 0 Å². The summed E-state index contributed by atoms with van der Waals surface area (Å²) in [6, 6.07) is 1.26. The molecule has 20 heavy (non-hydrogen) atoms. The van der Waals surface area contributed by atoms with E-state index in [0.717, 1.165) is 11.3 Å². The summed E-state index contributed by atoms with van der Waals surface area (Å²) in [6.45, 7) is 4.63. The minimum Gasteiger partial charge on any atom is -0.364 e. The minimum absolute atomic E-state index is 0.552. The monoisotopic (exact) mass is 288 g/mol. The van der Waals surface area contributed by atoms with Crippen LogP contribution < -0.4 is 5.32 Å². The summed E-state index contributed by atoms with van der Waals surface area (Å²) in [6.07, 6.45) is 7.00. The van der Waals surface area contributed by atoms with Crippen LogP contribution in [0.4, 0.5) is 5.82 Å². The van der Waals surface area contributed by atoms with Crippen LogP contribution in [-0.2, 0) is 0 Å². The third-order valence-corrected chi connectivity index (χ3v) is 5.80. The van der Waals surface area contributed by atoms with Crippen molar-refractivity contribution in [3.63, 3.8) is 0 Å². The predicted octanol–water partition coefficient (Wildman–Crippen LogP) is 3.04. The smallest absolute Gasteiger partial charge is 0.147 e. The average Bonchev–Trinajstić information content (AvgIpc) is 3.05.